The Kier molecular flexibility index (Phi) is 4.28. The maximum Gasteiger partial charge on any atom is 0.161 e. The number of nitrogens with zero attached hydrogens (tertiary/aromatic N) is 2. The fourth-order valence-corrected chi connectivity index (χ4v) is 3.12. The molecule has 3 rings (SSSR count). The molecule has 0 aliphatic heterocycles. The van der Waals surface area contributed by atoms with Gasteiger partial charge >= 0.3 is 0 Å². The molecule has 5 heteroatoms. The fourth-order valence-electron chi connectivity index (χ4n) is 2.25. The number of anilines is 1. The van der Waals surface area contributed by atoms with Crippen LogP contribution in [0.3, 0.4) is 0 Å². The van der Waals surface area contributed by atoms with Crippen LogP contribution in [-0.2, 0) is 0 Å². The molecule has 1 saturated carbocycles. The van der Waals surface area contributed by atoms with Crippen LogP contribution in [0, 0.1) is 3.57 Å². The number of ether oxygens (including phenoxy) is 1. The predicted octanol–water partition coefficient (Wildman–Crippen LogP) is 4.07. The summed E-state index contributed by atoms with van der Waals surface area (Å²) in [7, 11) is 1.67. The Balaban J connectivity index is 2.03. The van der Waals surface area contributed by atoms with Gasteiger partial charge in [0.2, 0.25) is 0 Å². The third kappa shape index (κ3) is 3.12. The van der Waals surface area contributed by atoms with Crippen molar-refractivity contribution >= 4 is 28.4 Å². The Hall–Kier alpha value is -1.37. The minimum atomic E-state index is 0.606. The highest BCUT2D eigenvalue weighted by molar-refractivity contribution is 14.1. The van der Waals surface area contributed by atoms with Crippen molar-refractivity contribution in [2.75, 3.05) is 19.0 Å². The van der Waals surface area contributed by atoms with E-state index in [1.54, 1.807) is 7.11 Å². The van der Waals surface area contributed by atoms with Crippen molar-refractivity contribution in [1.29, 1.82) is 0 Å². The van der Waals surface area contributed by atoms with Crippen molar-refractivity contribution in [1.82, 2.24) is 9.97 Å². The summed E-state index contributed by atoms with van der Waals surface area (Å²) in [4.78, 5) is 9.49. The van der Waals surface area contributed by atoms with E-state index in [0.717, 1.165) is 33.1 Å². The Morgan fingerprint density at radius 2 is 1.95 bits per heavy atom. The molecule has 110 valence electrons. The molecular formula is C16H18IN3O. The van der Waals surface area contributed by atoms with E-state index in [-0.39, 0.29) is 0 Å². The Bertz CT molecular complexity index is 639. The van der Waals surface area contributed by atoms with E-state index in [4.69, 9.17) is 9.72 Å². The van der Waals surface area contributed by atoms with Crippen LogP contribution in [-0.4, -0.2) is 23.6 Å². The number of rotatable bonds is 5. The maximum absolute atomic E-state index is 5.20. The highest BCUT2D eigenvalue weighted by Gasteiger charge is 2.29. The third-order valence-corrected chi connectivity index (χ3v) is 4.60. The SMILES string of the molecule is CCNc1nc(-c2ccc(OC)cc2)nc(C2CC2)c1I. The van der Waals surface area contributed by atoms with Gasteiger partial charge in [0.1, 0.15) is 11.6 Å². The lowest BCUT2D eigenvalue weighted by atomic mass is 10.2. The van der Waals surface area contributed by atoms with Crippen molar-refractivity contribution in [3.63, 3.8) is 0 Å². The number of nitrogens with one attached hydrogen (secondary N) is 1. The van der Waals surface area contributed by atoms with Gasteiger partial charge in [0.25, 0.3) is 0 Å². The van der Waals surface area contributed by atoms with E-state index in [9.17, 15) is 0 Å². The van der Waals surface area contributed by atoms with Crippen molar-refractivity contribution in [2.24, 2.45) is 0 Å². The van der Waals surface area contributed by atoms with E-state index in [2.05, 4.69) is 39.8 Å². The summed E-state index contributed by atoms with van der Waals surface area (Å²) < 4.78 is 6.37. The molecule has 0 amide bonds. The van der Waals surface area contributed by atoms with Crippen molar-refractivity contribution < 1.29 is 4.74 Å². The molecule has 1 fully saturated rings. The summed E-state index contributed by atoms with van der Waals surface area (Å²) in [5, 5.41) is 3.35. The van der Waals surface area contributed by atoms with Gasteiger partial charge in [0.15, 0.2) is 5.82 Å². The van der Waals surface area contributed by atoms with E-state index in [1.165, 1.54) is 18.5 Å². The molecule has 1 aliphatic rings. The molecule has 0 saturated heterocycles. The van der Waals surface area contributed by atoms with Crippen LogP contribution in [0.1, 0.15) is 31.4 Å². The number of aromatic nitrogens is 2. The summed E-state index contributed by atoms with van der Waals surface area (Å²) in [6.45, 7) is 2.95. The van der Waals surface area contributed by atoms with Gasteiger partial charge in [0, 0.05) is 18.0 Å². The van der Waals surface area contributed by atoms with E-state index in [0.29, 0.717) is 5.92 Å². The quantitative estimate of drug-likeness (QED) is 0.776. The van der Waals surface area contributed by atoms with Crippen molar-refractivity contribution in [3.05, 3.63) is 33.5 Å². The molecule has 0 radical (unpaired) electrons. The van der Waals surface area contributed by atoms with Crippen LogP contribution in [0.15, 0.2) is 24.3 Å². The van der Waals surface area contributed by atoms with Gasteiger partial charge in [-0.05, 0) is 66.6 Å². The molecule has 21 heavy (non-hydrogen) atoms. The maximum atomic E-state index is 5.20. The van der Waals surface area contributed by atoms with Crippen LogP contribution < -0.4 is 10.1 Å². The van der Waals surface area contributed by atoms with E-state index >= 15 is 0 Å². The van der Waals surface area contributed by atoms with Crippen LogP contribution >= 0.6 is 22.6 Å². The van der Waals surface area contributed by atoms with Crippen LogP contribution in [0.5, 0.6) is 5.75 Å². The van der Waals surface area contributed by atoms with Gasteiger partial charge in [-0.2, -0.15) is 0 Å². The second kappa shape index (κ2) is 6.17. The standard InChI is InChI=1S/C16H18IN3O/c1-3-18-16-13(17)14(10-4-5-10)19-15(20-16)11-6-8-12(21-2)9-7-11/h6-10H,3-5H2,1-2H3,(H,18,19,20). The molecule has 1 aromatic heterocycles. The minimum Gasteiger partial charge on any atom is -0.497 e. The number of benzene rings is 1. The highest BCUT2D eigenvalue weighted by atomic mass is 127. The summed E-state index contributed by atoms with van der Waals surface area (Å²) in [5.74, 6) is 3.18. The average molecular weight is 395 g/mol. The van der Waals surface area contributed by atoms with E-state index in [1.807, 2.05) is 24.3 Å². The Morgan fingerprint density at radius 3 is 2.52 bits per heavy atom. The van der Waals surface area contributed by atoms with Gasteiger partial charge in [-0.3, -0.25) is 0 Å². The average Bonchev–Trinajstić information content (AvgIpc) is 3.34. The molecule has 2 aromatic rings. The normalized spacial score (nSPS) is 14.0. The van der Waals surface area contributed by atoms with Crippen molar-refractivity contribution in [2.45, 2.75) is 25.7 Å². The molecular weight excluding hydrogens is 377 g/mol. The third-order valence-electron chi connectivity index (χ3n) is 3.53. The highest BCUT2D eigenvalue weighted by Crippen LogP contribution is 2.43. The zero-order chi connectivity index (χ0) is 14.8. The Morgan fingerprint density at radius 1 is 1.24 bits per heavy atom. The molecule has 1 aromatic carbocycles. The summed E-state index contributed by atoms with van der Waals surface area (Å²) >= 11 is 2.36. The zero-order valence-electron chi connectivity index (χ0n) is 12.2. The number of methoxy groups -OCH3 is 1. The first-order chi connectivity index (χ1) is 10.2. The van der Waals surface area contributed by atoms with E-state index < -0.39 is 0 Å². The van der Waals surface area contributed by atoms with Gasteiger partial charge in [-0.1, -0.05) is 0 Å². The minimum absolute atomic E-state index is 0.606. The zero-order valence-corrected chi connectivity index (χ0v) is 14.3. The second-order valence-electron chi connectivity index (χ2n) is 5.13. The lowest BCUT2D eigenvalue weighted by Crippen LogP contribution is -2.07. The van der Waals surface area contributed by atoms with Crippen LogP contribution in [0.25, 0.3) is 11.4 Å². The molecule has 1 aliphatic carbocycles. The lowest BCUT2D eigenvalue weighted by molar-refractivity contribution is 0.415. The number of hydrogen-bond acceptors (Lipinski definition) is 4. The first-order valence-corrected chi connectivity index (χ1v) is 8.26. The Labute approximate surface area is 138 Å². The predicted molar refractivity (Wildman–Crippen MR) is 92.9 cm³/mol. The molecule has 1 N–H and O–H groups in total. The van der Waals surface area contributed by atoms with Crippen LogP contribution in [0.2, 0.25) is 0 Å². The smallest absolute Gasteiger partial charge is 0.161 e. The van der Waals surface area contributed by atoms with Gasteiger partial charge < -0.3 is 10.1 Å². The largest absolute Gasteiger partial charge is 0.497 e. The summed E-state index contributed by atoms with van der Waals surface area (Å²) in [6.07, 6.45) is 2.47. The molecule has 1 heterocycles. The van der Waals surface area contributed by atoms with Gasteiger partial charge in [-0.25, -0.2) is 9.97 Å². The summed E-state index contributed by atoms with van der Waals surface area (Å²) in [5.41, 5.74) is 2.21. The number of halogens is 1. The molecule has 4 nitrogen and oxygen atoms in total. The monoisotopic (exact) mass is 395 g/mol. The van der Waals surface area contributed by atoms with Gasteiger partial charge in [0.05, 0.1) is 16.4 Å². The van der Waals surface area contributed by atoms with Gasteiger partial charge in [-0.15, -0.1) is 0 Å². The summed E-state index contributed by atoms with van der Waals surface area (Å²) in [6, 6.07) is 7.90. The molecule has 0 atom stereocenters. The fraction of sp³-hybridized carbons (Fsp3) is 0.375. The van der Waals surface area contributed by atoms with Crippen LogP contribution in [0.4, 0.5) is 5.82 Å². The topological polar surface area (TPSA) is 47.0 Å². The molecule has 0 unspecified atom stereocenters. The first kappa shape index (κ1) is 14.6. The molecule has 0 bridgehead atoms. The lowest BCUT2D eigenvalue weighted by Gasteiger charge is -2.12. The second-order valence-corrected chi connectivity index (χ2v) is 6.21. The van der Waals surface area contributed by atoms with Crippen molar-refractivity contribution in [3.8, 4) is 17.1 Å². The number of hydrogen-bond donors (Lipinski definition) is 1. The first-order valence-electron chi connectivity index (χ1n) is 7.18. The molecule has 0 spiro atoms.